The summed E-state index contributed by atoms with van der Waals surface area (Å²) in [6.07, 6.45) is 2.55. The highest BCUT2D eigenvalue weighted by Crippen LogP contribution is 2.71. The van der Waals surface area contributed by atoms with Gasteiger partial charge in [-0.2, -0.15) is 4.31 Å². The van der Waals surface area contributed by atoms with Gasteiger partial charge in [0.25, 0.3) is 0 Å². The number of nitrogens with one attached hydrogen (secondary N) is 1. The number of amides is 2. The van der Waals surface area contributed by atoms with Gasteiger partial charge in [0, 0.05) is 47.3 Å². The molecule has 5 N–H and O–H groups in total. The predicted octanol–water partition coefficient (Wildman–Crippen LogP) is 5.00. The van der Waals surface area contributed by atoms with Crippen LogP contribution in [0.3, 0.4) is 0 Å². The highest BCUT2D eigenvalue weighted by atomic mass is 31.3. The summed E-state index contributed by atoms with van der Waals surface area (Å²) in [4.78, 5) is 74.0. The lowest BCUT2D eigenvalue weighted by atomic mass is 9.44. The first-order valence-corrected chi connectivity index (χ1v) is 23.1. The van der Waals surface area contributed by atoms with Crippen molar-refractivity contribution < 1.29 is 66.1 Å². The molecule has 0 saturated heterocycles. The molecule has 3 saturated carbocycles. The maximum atomic E-state index is 17.5. The van der Waals surface area contributed by atoms with Crippen LogP contribution in [0.1, 0.15) is 76.0 Å². The summed E-state index contributed by atoms with van der Waals surface area (Å²) in [5.41, 5.74) is -3.75. The van der Waals surface area contributed by atoms with E-state index in [-0.39, 0.29) is 56.9 Å². The summed E-state index contributed by atoms with van der Waals surface area (Å²) in [5.74, 6) is 1.73. The Morgan fingerprint density at radius 3 is 2.41 bits per heavy atom. The van der Waals surface area contributed by atoms with Crippen LogP contribution in [0.4, 0.5) is 10.1 Å². The average molecular weight is 883 g/mol. The fourth-order valence-electron chi connectivity index (χ4n) is 10.6. The van der Waals surface area contributed by atoms with Gasteiger partial charge in [-0.05, 0) is 80.4 Å². The normalized spacial score (nSPS) is 33.0. The monoisotopic (exact) mass is 882 g/mol. The number of phosphoric ester groups is 2. The van der Waals surface area contributed by atoms with Gasteiger partial charge in [-0.15, -0.1) is 0 Å². The second kappa shape index (κ2) is 16.5. The van der Waals surface area contributed by atoms with E-state index in [2.05, 4.69) is 21.5 Å². The molecule has 3 fully saturated rings. The zero-order valence-electron chi connectivity index (χ0n) is 33.9. The maximum absolute atomic E-state index is 17.5. The van der Waals surface area contributed by atoms with Crippen LogP contribution in [0.25, 0.3) is 0 Å². The molecule has 7 rings (SSSR count). The molecule has 18 heteroatoms. The number of ketones is 2. The van der Waals surface area contributed by atoms with E-state index in [4.69, 9.17) is 9.05 Å². The molecule has 326 valence electrons. The summed E-state index contributed by atoms with van der Waals surface area (Å²) < 4.78 is 56.8. The third-order valence-corrected chi connectivity index (χ3v) is 16.2. The summed E-state index contributed by atoms with van der Waals surface area (Å²) in [7, 11) is -10.8. The van der Waals surface area contributed by atoms with E-state index in [1.807, 2.05) is 30.3 Å². The molecule has 0 aromatic heterocycles. The van der Waals surface area contributed by atoms with Crippen LogP contribution >= 0.6 is 15.6 Å². The van der Waals surface area contributed by atoms with E-state index in [1.54, 1.807) is 43.9 Å². The van der Waals surface area contributed by atoms with Crippen LogP contribution in [0.5, 0.6) is 0 Å². The molecule has 15 nitrogen and oxygen atoms in total. The Morgan fingerprint density at radius 2 is 1.66 bits per heavy atom. The number of allylic oxidation sites excluding steroid dienone is 4. The SMILES string of the molecule is C[C@@H]1C[C@H]2[C@@H]3CCC4=CC(=O)C=C[C@]4(C)[C@@]3(F)[C@@H](O)C[C@]2(C)[C@@]1(O)C(=O)COP(=O)(O)OP(=O)(O)OCCNC(=O)CCC(=O)N1Cc2ccccc2C#Cc2ccccc21. The first kappa shape index (κ1) is 44.9. The van der Waals surface area contributed by atoms with E-state index in [9.17, 15) is 48.3 Å². The number of aliphatic hydroxyl groups is 2. The van der Waals surface area contributed by atoms with E-state index < -0.39 is 86.5 Å². The summed E-state index contributed by atoms with van der Waals surface area (Å²) in [6.45, 7) is 2.76. The molecule has 2 aromatic carbocycles. The number of nitrogens with zero attached hydrogens (tertiary/aromatic N) is 1. The zero-order valence-corrected chi connectivity index (χ0v) is 35.7. The maximum Gasteiger partial charge on any atom is 0.481 e. The number of phosphoric acid groups is 2. The molecule has 10 atom stereocenters. The van der Waals surface area contributed by atoms with E-state index in [0.717, 1.165) is 11.1 Å². The van der Waals surface area contributed by atoms with Crippen molar-refractivity contribution in [2.45, 2.75) is 83.2 Å². The Kier molecular flexibility index (Phi) is 12.2. The molecule has 2 aromatic rings. The first-order chi connectivity index (χ1) is 28.6. The summed E-state index contributed by atoms with van der Waals surface area (Å²) in [5, 5.41) is 26.1. The van der Waals surface area contributed by atoms with Gasteiger partial charge in [-0.1, -0.05) is 67.7 Å². The fourth-order valence-corrected chi connectivity index (χ4v) is 12.6. The molecule has 2 unspecified atom stereocenters. The van der Waals surface area contributed by atoms with Crippen molar-refractivity contribution in [2.75, 3.05) is 24.7 Å². The number of hydrogen-bond donors (Lipinski definition) is 5. The minimum absolute atomic E-state index is 0.174. The van der Waals surface area contributed by atoms with Gasteiger partial charge in [-0.25, -0.2) is 13.5 Å². The number of carbonyl (C=O) groups is 4. The number of alkyl halides is 1. The molecular formula is C43H49FN2O13P2. The number of hydrogen-bond acceptors (Lipinski definition) is 11. The van der Waals surface area contributed by atoms with Crippen molar-refractivity contribution in [3.63, 3.8) is 0 Å². The van der Waals surface area contributed by atoms with Gasteiger partial charge < -0.3 is 30.2 Å². The van der Waals surface area contributed by atoms with Crippen molar-refractivity contribution in [1.29, 1.82) is 0 Å². The topological polar surface area (TPSA) is 226 Å². The number of aliphatic hydroxyl groups excluding tert-OH is 1. The summed E-state index contributed by atoms with van der Waals surface area (Å²) >= 11 is 0. The quantitative estimate of drug-likeness (QED) is 0.102. The lowest BCUT2D eigenvalue weighted by Crippen LogP contribution is -2.69. The van der Waals surface area contributed by atoms with Crippen molar-refractivity contribution >= 4 is 44.7 Å². The summed E-state index contributed by atoms with van der Waals surface area (Å²) in [6, 6.07) is 14.6. The molecule has 5 aliphatic rings. The van der Waals surface area contributed by atoms with Gasteiger partial charge in [0.1, 0.15) is 12.2 Å². The smallest absolute Gasteiger partial charge is 0.390 e. The van der Waals surface area contributed by atoms with Gasteiger partial charge in [0.05, 0.1) is 24.9 Å². The Labute approximate surface area is 352 Å². The number of rotatable bonds is 13. The largest absolute Gasteiger partial charge is 0.481 e. The number of halogens is 1. The van der Waals surface area contributed by atoms with Crippen LogP contribution in [0.2, 0.25) is 0 Å². The molecule has 2 amide bonds. The van der Waals surface area contributed by atoms with Gasteiger partial charge in [0.2, 0.25) is 11.8 Å². The number of para-hydroxylation sites is 1. The average Bonchev–Trinajstić information content (AvgIpc) is 3.40. The number of fused-ring (bicyclic) bond motifs is 7. The number of benzene rings is 2. The van der Waals surface area contributed by atoms with Crippen molar-refractivity contribution in [2.24, 2.45) is 28.6 Å². The fraction of sp³-hybridized carbons (Fsp3) is 0.488. The van der Waals surface area contributed by atoms with Crippen molar-refractivity contribution in [1.82, 2.24) is 5.32 Å². The highest BCUT2D eigenvalue weighted by molar-refractivity contribution is 7.61. The zero-order chi connectivity index (χ0) is 44.2. The molecule has 1 aliphatic heterocycles. The molecule has 1 heterocycles. The minimum atomic E-state index is -5.50. The lowest BCUT2D eigenvalue weighted by molar-refractivity contribution is -0.219. The first-order valence-electron chi connectivity index (χ1n) is 20.1. The number of carbonyl (C=O) groups excluding carboxylic acids is 4. The molecule has 61 heavy (non-hydrogen) atoms. The molecule has 4 aliphatic carbocycles. The van der Waals surface area contributed by atoms with E-state index in [0.29, 0.717) is 23.2 Å². The molecule has 0 radical (unpaired) electrons. The van der Waals surface area contributed by atoms with Gasteiger partial charge in [0.15, 0.2) is 17.2 Å². The Morgan fingerprint density at radius 1 is 0.984 bits per heavy atom. The van der Waals surface area contributed by atoms with E-state index in [1.165, 1.54) is 18.2 Å². The van der Waals surface area contributed by atoms with Crippen LogP contribution in [0, 0.1) is 40.4 Å². The van der Waals surface area contributed by atoms with Crippen LogP contribution in [-0.4, -0.2) is 80.5 Å². The standard InChI is InChI=1S/C43H49FN2O13P2/c1-27-22-34-33-15-14-31-23-32(47)18-19-40(31,2)42(33,44)36(48)24-41(34,3)43(27,52)37(49)26-58-61(55,56)59-60(53,54)57-21-20-45-38(50)16-17-39(51)46-25-30-10-5-4-8-28(30)12-13-29-9-6-7-11-35(29)46/h4-11,18-19,23,27,33-34,36,48,52H,14-17,20-22,24-26H2,1-3H3,(H,45,50)(H,53,54)(H,55,56)/t27-,33+,34+,36+,40+,41+,42+,43+/m1/s1. The predicted molar refractivity (Wildman–Crippen MR) is 218 cm³/mol. The Balaban J connectivity index is 0.897. The molecular weight excluding hydrogens is 833 g/mol. The molecule has 0 bridgehead atoms. The Bertz CT molecular complexity index is 2380. The Hall–Kier alpha value is -4.13. The second-order valence-electron chi connectivity index (χ2n) is 17.0. The van der Waals surface area contributed by atoms with Crippen molar-refractivity contribution in [3.05, 3.63) is 89.0 Å². The van der Waals surface area contributed by atoms with Gasteiger partial charge >= 0.3 is 15.6 Å². The number of anilines is 1. The highest BCUT2D eigenvalue weighted by Gasteiger charge is 2.75. The van der Waals surface area contributed by atoms with Gasteiger partial charge in [-0.3, -0.25) is 28.2 Å². The van der Waals surface area contributed by atoms with Crippen LogP contribution in [-0.2, 0) is 48.2 Å². The van der Waals surface area contributed by atoms with Crippen molar-refractivity contribution in [3.8, 4) is 11.8 Å². The van der Waals surface area contributed by atoms with Crippen LogP contribution in [0.15, 0.2) is 72.3 Å². The third kappa shape index (κ3) is 8.06. The third-order valence-electron chi connectivity index (χ3n) is 13.6. The second-order valence-corrected chi connectivity index (χ2v) is 20.0. The molecule has 0 spiro atoms. The van der Waals surface area contributed by atoms with E-state index >= 15 is 4.39 Å². The minimum Gasteiger partial charge on any atom is -0.390 e. The lowest BCUT2D eigenvalue weighted by Gasteiger charge is -2.62. The number of Topliss-reactive ketones (excluding diaryl/α,β-unsaturated/α-hetero) is 1. The van der Waals surface area contributed by atoms with Crippen LogP contribution < -0.4 is 10.2 Å².